The second-order valence-electron chi connectivity index (χ2n) is 3.00. The Morgan fingerprint density at radius 3 is 0.833 bits per heavy atom. The van der Waals surface area contributed by atoms with Gasteiger partial charge < -0.3 is 6.15 Å². The first-order valence-corrected chi connectivity index (χ1v) is 17.5. The molecule has 0 bridgehead atoms. The summed E-state index contributed by atoms with van der Waals surface area (Å²) in [6, 6.07) is 0. The Morgan fingerprint density at radius 1 is 0.833 bits per heavy atom. The minimum atomic E-state index is -1.28. The molecule has 0 heterocycles. The van der Waals surface area contributed by atoms with Crippen molar-refractivity contribution < 1.29 is 0 Å². The molecule has 0 amide bonds. The van der Waals surface area contributed by atoms with E-state index in [1.54, 1.807) is 0 Å². The molecule has 0 atom stereocenters. The molecule has 0 aliphatic rings. The van der Waals surface area contributed by atoms with E-state index in [1.165, 1.54) is 0 Å². The Kier molecular flexibility index (Phi) is 4.93. The number of hydrogen-bond acceptors (Lipinski definition) is 1. The summed E-state index contributed by atoms with van der Waals surface area (Å²) >= 11 is -1.28. The molecule has 0 aromatic rings. The van der Waals surface area contributed by atoms with Crippen LogP contribution in [-0.2, 0) is 0 Å². The van der Waals surface area contributed by atoms with Crippen LogP contribution in [0.2, 0.25) is 17.9 Å². The van der Waals surface area contributed by atoms with Gasteiger partial charge in [0.15, 0.2) is 0 Å². The summed E-state index contributed by atoms with van der Waals surface area (Å²) in [5.41, 5.74) is 0. The van der Waals surface area contributed by atoms with Gasteiger partial charge in [-0.2, -0.15) is 0 Å². The molecule has 0 saturated heterocycles. The minimum absolute atomic E-state index is 0. The Bertz CT molecular complexity index is 23.0. The van der Waals surface area contributed by atoms with Crippen molar-refractivity contribution in [3.63, 3.8) is 0 Å². The van der Waals surface area contributed by atoms with Crippen molar-refractivity contribution in [2.75, 3.05) is 0 Å². The summed E-state index contributed by atoms with van der Waals surface area (Å²) in [6.45, 7) is 0. The van der Waals surface area contributed by atoms with Crippen molar-refractivity contribution in [2.45, 2.75) is 17.9 Å². The zero-order chi connectivity index (χ0) is 4.50. The third-order valence-corrected chi connectivity index (χ3v) is 0. The van der Waals surface area contributed by atoms with Gasteiger partial charge in [0.25, 0.3) is 0 Å². The standard InChI is InChI=1S/4CH3.H3N.Pb/h5*1H3;. The Morgan fingerprint density at radius 2 is 0.833 bits per heavy atom. The van der Waals surface area contributed by atoms with E-state index in [9.17, 15) is 0 Å². The molecule has 2 heteroatoms. The third-order valence-electron chi connectivity index (χ3n) is 0. The van der Waals surface area contributed by atoms with Crippen molar-refractivity contribution >= 4 is 21.2 Å². The van der Waals surface area contributed by atoms with Crippen LogP contribution in [0.5, 0.6) is 0 Å². The average molecular weight is 284 g/mol. The van der Waals surface area contributed by atoms with Crippen LogP contribution in [0.1, 0.15) is 0 Å². The maximum absolute atomic E-state index is 2.41. The normalized spacial score (nSPS) is 10.0. The van der Waals surface area contributed by atoms with E-state index in [1.807, 2.05) is 0 Å². The van der Waals surface area contributed by atoms with Gasteiger partial charge in [-0.05, 0) is 0 Å². The molecular formula is C4H15NPb. The Hall–Kier alpha value is 0.882. The first-order chi connectivity index (χ1) is 2.00. The molecule has 0 aromatic carbocycles. The van der Waals surface area contributed by atoms with E-state index in [4.69, 9.17) is 0 Å². The number of rotatable bonds is 0. The molecule has 1 nitrogen and oxygen atoms in total. The van der Waals surface area contributed by atoms with Gasteiger partial charge in [-0.1, -0.05) is 0 Å². The predicted octanol–water partition coefficient (Wildman–Crippen LogP) is 2.12. The van der Waals surface area contributed by atoms with Gasteiger partial charge >= 0.3 is 39.1 Å². The maximum atomic E-state index is 2.41. The fourth-order valence-electron chi connectivity index (χ4n) is 0. The van der Waals surface area contributed by atoms with Crippen molar-refractivity contribution in [3.8, 4) is 0 Å². The van der Waals surface area contributed by atoms with E-state index >= 15 is 0 Å². The van der Waals surface area contributed by atoms with Crippen LogP contribution in [0.15, 0.2) is 0 Å². The van der Waals surface area contributed by atoms with Crippen LogP contribution < -0.4 is 6.15 Å². The molecule has 0 aliphatic heterocycles. The fourth-order valence-corrected chi connectivity index (χ4v) is 0. The van der Waals surface area contributed by atoms with Gasteiger partial charge in [-0.15, -0.1) is 0 Å². The molecule has 0 saturated carbocycles. The first-order valence-electron chi connectivity index (χ1n) is 2.00. The molecular weight excluding hydrogens is 269 g/mol. The summed E-state index contributed by atoms with van der Waals surface area (Å²) < 4.78 is 9.64. The molecule has 0 spiro atoms. The van der Waals surface area contributed by atoms with Crippen LogP contribution in [0.4, 0.5) is 0 Å². The predicted molar refractivity (Wildman–Crippen MR) is 34.2 cm³/mol. The summed E-state index contributed by atoms with van der Waals surface area (Å²) in [7, 11) is 0. The topological polar surface area (TPSA) is 35.0 Å². The van der Waals surface area contributed by atoms with Crippen molar-refractivity contribution in [1.29, 1.82) is 0 Å². The summed E-state index contributed by atoms with van der Waals surface area (Å²) in [5.74, 6) is 0. The van der Waals surface area contributed by atoms with E-state index in [0.29, 0.717) is 0 Å². The molecule has 0 unspecified atom stereocenters. The van der Waals surface area contributed by atoms with Crippen LogP contribution in [0.3, 0.4) is 0 Å². The second-order valence-corrected chi connectivity index (χ2v) is 26.3. The second kappa shape index (κ2) is 2.96. The van der Waals surface area contributed by atoms with Gasteiger partial charge in [0.1, 0.15) is 0 Å². The first kappa shape index (κ1) is 9.99. The van der Waals surface area contributed by atoms with E-state index < -0.39 is 21.2 Å². The van der Waals surface area contributed by atoms with E-state index in [2.05, 4.69) is 17.9 Å². The molecule has 40 valence electrons. The van der Waals surface area contributed by atoms with Gasteiger partial charge in [0.05, 0.1) is 0 Å². The van der Waals surface area contributed by atoms with Crippen LogP contribution in [-0.4, -0.2) is 21.2 Å². The summed E-state index contributed by atoms with van der Waals surface area (Å²) in [5, 5.41) is 0. The molecule has 0 fully saturated rings. The zero-order valence-corrected chi connectivity index (χ0v) is 9.09. The molecule has 0 aliphatic carbocycles. The van der Waals surface area contributed by atoms with Crippen molar-refractivity contribution in [3.05, 3.63) is 0 Å². The molecule has 3 N–H and O–H groups in total. The molecule has 6 heavy (non-hydrogen) atoms. The SMILES string of the molecule is N.[CH3][Pb]([CH3])([CH3])[CH3]. The Balaban J connectivity index is 0. The van der Waals surface area contributed by atoms with Crippen molar-refractivity contribution in [2.24, 2.45) is 0 Å². The van der Waals surface area contributed by atoms with Crippen LogP contribution in [0, 0.1) is 0 Å². The van der Waals surface area contributed by atoms with E-state index in [0.717, 1.165) is 0 Å². The van der Waals surface area contributed by atoms with Crippen LogP contribution >= 0.6 is 0 Å². The zero-order valence-electron chi connectivity index (χ0n) is 5.21. The van der Waals surface area contributed by atoms with E-state index in [-0.39, 0.29) is 6.15 Å². The fraction of sp³-hybridized carbons (Fsp3) is 1.00. The van der Waals surface area contributed by atoms with Crippen LogP contribution in [0.25, 0.3) is 0 Å². The number of hydrogen-bond donors (Lipinski definition) is 1. The van der Waals surface area contributed by atoms with Gasteiger partial charge in [0, 0.05) is 0 Å². The molecule has 0 rings (SSSR count). The monoisotopic (exact) mass is 285 g/mol. The quantitative estimate of drug-likeness (QED) is 0.679. The third kappa shape index (κ3) is 94.6. The van der Waals surface area contributed by atoms with Gasteiger partial charge in [-0.25, -0.2) is 0 Å². The molecule has 0 aromatic heterocycles. The van der Waals surface area contributed by atoms with Crippen molar-refractivity contribution in [1.82, 2.24) is 6.15 Å². The Labute approximate surface area is 45.4 Å². The molecule has 0 radical (unpaired) electrons. The average Bonchev–Trinajstić information content (AvgIpc) is 0.722. The summed E-state index contributed by atoms with van der Waals surface area (Å²) in [4.78, 5) is 0. The van der Waals surface area contributed by atoms with Gasteiger partial charge in [0.2, 0.25) is 0 Å². The van der Waals surface area contributed by atoms with Gasteiger partial charge in [-0.3, -0.25) is 0 Å². The summed E-state index contributed by atoms with van der Waals surface area (Å²) in [6.07, 6.45) is 0.